The predicted molar refractivity (Wildman–Crippen MR) is 77.6 cm³/mol. The van der Waals surface area contributed by atoms with Crippen molar-refractivity contribution in [2.75, 3.05) is 7.11 Å². The minimum Gasteiger partial charge on any atom is -0.497 e. The number of rotatable bonds is 2. The molecule has 2 nitrogen and oxygen atoms in total. The molecule has 94 valence electrons. The van der Waals surface area contributed by atoms with Gasteiger partial charge in [-0.3, -0.25) is 4.79 Å². The molecule has 0 amide bonds. The lowest BCUT2D eigenvalue weighted by molar-refractivity contribution is 0.104. The normalized spacial score (nSPS) is 15.6. The van der Waals surface area contributed by atoms with Gasteiger partial charge < -0.3 is 4.74 Å². The SMILES string of the molecule is COc1ccc(/C=C2\Sc3ccccc3C2=O)cc1. The van der Waals surface area contributed by atoms with E-state index in [4.69, 9.17) is 4.74 Å². The summed E-state index contributed by atoms with van der Waals surface area (Å²) in [6.45, 7) is 0. The maximum atomic E-state index is 12.2. The van der Waals surface area contributed by atoms with Crippen LogP contribution in [0.4, 0.5) is 0 Å². The molecular formula is C16H12O2S. The van der Waals surface area contributed by atoms with E-state index in [0.717, 1.165) is 26.7 Å². The number of carbonyl (C=O) groups excluding carboxylic acids is 1. The minimum atomic E-state index is 0.108. The van der Waals surface area contributed by atoms with Crippen LogP contribution < -0.4 is 4.74 Å². The van der Waals surface area contributed by atoms with Gasteiger partial charge in [0.1, 0.15) is 5.75 Å². The Morgan fingerprint density at radius 2 is 1.79 bits per heavy atom. The highest BCUT2D eigenvalue weighted by atomic mass is 32.2. The zero-order valence-corrected chi connectivity index (χ0v) is 11.2. The van der Waals surface area contributed by atoms with E-state index < -0.39 is 0 Å². The fraction of sp³-hybridized carbons (Fsp3) is 0.0625. The number of allylic oxidation sites excluding steroid dienone is 1. The number of benzene rings is 2. The second-order valence-corrected chi connectivity index (χ2v) is 5.29. The number of methoxy groups -OCH3 is 1. The van der Waals surface area contributed by atoms with Crippen LogP contribution >= 0.6 is 11.8 Å². The van der Waals surface area contributed by atoms with E-state index in [1.165, 1.54) is 11.8 Å². The zero-order chi connectivity index (χ0) is 13.2. The van der Waals surface area contributed by atoms with Crippen molar-refractivity contribution in [1.82, 2.24) is 0 Å². The molecule has 1 heterocycles. The second kappa shape index (κ2) is 4.94. The van der Waals surface area contributed by atoms with Crippen LogP contribution in [0, 0.1) is 0 Å². The molecule has 0 aromatic heterocycles. The van der Waals surface area contributed by atoms with Crippen LogP contribution in [0.3, 0.4) is 0 Å². The van der Waals surface area contributed by atoms with Crippen LogP contribution in [0.2, 0.25) is 0 Å². The number of Topliss-reactive ketones (excluding diaryl/α,β-unsaturated/α-hetero) is 1. The Labute approximate surface area is 116 Å². The molecule has 0 atom stereocenters. The van der Waals surface area contributed by atoms with Crippen LogP contribution in [-0.4, -0.2) is 12.9 Å². The van der Waals surface area contributed by atoms with Crippen molar-refractivity contribution >= 4 is 23.6 Å². The Morgan fingerprint density at radius 1 is 1.05 bits per heavy atom. The topological polar surface area (TPSA) is 26.3 Å². The Bertz CT molecular complexity index is 657. The molecule has 2 aromatic rings. The maximum Gasteiger partial charge on any atom is 0.200 e. The highest BCUT2D eigenvalue weighted by Crippen LogP contribution is 2.40. The first kappa shape index (κ1) is 12.1. The van der Waals surface area contributed by atoms with Gasteiger partial charge in [0, 0.05) is 10.5 Å². The lowest BCUT2D eigenvalue weighted by atomic mass is 10.1. The van der Waals surface area contributed by atoms with Crippen molar-refractivity contribution in [2.45, 2.75) is 4.90 Å². The first-order valence-corrected chi connectivity index (χ1v) is 6.77. The van der Waals surface area contributed by atoms with Gasteiger partial charge in [0.05, 0.1) is 12.0 Å². The Kier molecular flexibility index (Phi) is 3.13. The van der Waals surface area contributed by atoms with Gasteiger partial charge in [0.15, 0.2) is 0 Å². The predicted octanol–water partition coefficient (Wildman–Crippen LogP) is 4.02. The quantitative estimate of drug-likeness (QED) is 0.769. The molecule has 0 saturated carbocycles. The Morgan fingerprint density at radius 3 is 2.47 bits per heavy atom. The van der Waals surface area contributed by atoms with Crippen LogP contribution in [0.1, 0.15) is 15.9 Å². The summed E-state index contributed by atoms with van der Waals surface area (Å²) in [6.07, 6.45) is 1.92. The summed E-state index contributed by atoms with van der Waals surface area (Å²) < 4.78 is 5.12. The summed E-state index contributed by atoms with van der Waals surface area (Å²) in [6, 6.07) is 15.4. The van der Waals surface area contributed by atoms with E-state index in [0.29, 0.717) is 0 Å². The van der Waals surface area contributed by atoms with Crippen LogP contribution in [0.15, 0.2) is 58.3 Å². The van der Waals surface area contributed by atoms with E-state index in [1.54, 1.807) is 7.11 Å². The van der Waals surface area contributed by atoms with Crippen molar-refractivity contribution in [1.29, 1.82) is 0 Å². The molecule has 0 radical (unpaired) electrons. The number of thioether (sulfide) groups is 1. The molecule has 3 heteroatoms. The highest BCUT2D eigenvalue weighted by molar-refractivity contribution is 8.04. The number of hydrogen-bond acceptors (Lipinski definition) is 3. The molecule has 0 bridgehead atoms. The summed E-state index contributed by atoms with van der Waals surface area (Å²) in [5.74, 6) is 0.923. The van der Waals surface area contributed by atoms with Crippen LogP contribution in [0.5, 0.6) is 5.75 Å². The van der Waals surface area contributed by atoms with Crippen LogP contribution in [0.25, 0.3) is 6.08 Å². The van der Waals surface area contributed by atoms with Crippen molar-refractivity contribution < 1.29 is 9.53 Å². The van der Waals surface area contributed by atoms with E-state index in [2.05, 4.69) is 0 Å². The molecule has 1 aliphatic rings. The summed E-state index contributed by atoms with van der Waals surface area (Å²) in [4.78, 5) is 14.0. The average Bonchev–Trinajstić information content (AvgIpc) is 2.77. The molecule has 2 aromatic carbocycles. The second-order valence-electron chi connectivity index (χ2n) is 4.21. The van der Waals surface area contributed by atoms with Crippen LogP contribution in [-0.2, 0) is 0 Å². The van der Waals surface area contributed by atoms with Gasteiger partial charge in [-0.2, -0.15) is 0 Å². The third kappa shape index (κ3) is 2.29. The Balaban J connectivity index is 1.92. The third-order valence-electron chi connectivity index (χ3n) is 2.99. The molecule has 0 spiro atoms. The lowest BCUT2D eigenvalue weighted by Crippen LogP contribution is -1.93. The van der Waals surface area contributed by atoms with Crippen molar-refractivity contribution in [3.8, 4) is 5.75 Å². The van der Waals surface area contributed by atoms with Crippen molar-refractivity contribution in [3.63, 3.8) is 0 Å². The molecule has 0 aliphatic carbocycles. The fourth-order valence-corrected chi connectivity index (χ4v) is 3.04. The molecule has 19 heavy (non-hydrogen) atoms. The molecule has 0 unspecified atom stereocenters. The molecule has 1 aliphatic heterocycles. The van der Waals surface area contributed by atoms with Gasteiger partial charge >= 0.3 is 0 Å². The fourth-order valence-electron chi connectivity index (χ4n) is 1.99. The number of fused-ring (bicyclic) bond motifs is 1. The van der Waals surface area contributed by atoms with E-state index in [1.807, 2.05) is 54.6 Å². The van der Waals surface area contributed by atoms with Gasteiger partial charge in [0.25, 0.3) is 0 Å². The van der Waals surface area contributed by atoms with E-state index >= 15 is 0 Å². The first-order chi connectivity index (χ1) is 9.28. The molecule has 0 N–H and O–H groups in total. The molecule has 0 fully saturated rings. The largest absolute Gasteiger partial charge is 0.497 e. The minimum absolute atomic E-state index is 0.108. The number of ether oxygens (including phenoxy) is 1. The first-order valence-electron chi connectivity index (χ1n) is 5.95. The van der Waals surface area contributed by atoms with Gasteiger partial charge in [-0.1, -0.05) is 36.0 Å². The molecule has 3 rings (SSSR count). The van der Waals surface area contributed by atoms with E-state index in [-0.39, 0.29) is 5.78 Å². The molecular weight excluding hydrogens is 256 g/mol. The number of hydrogen-bond donors (Lipinski definition) is 0. The van der Waals surface area contributed by atoms with Crippen molar-refractivity contribution in [3.05, 3.63) is 64.6 Å². The van der Waals surface area contributed by atoms with Gasteiger partial charge in [-0.15, -0.1) is 0 Å². The highest BCUT2D eigenvalue weighted by Gasteiger charge is 2.24. The number of carbonyl (C=O) groups is 1. The maximum absolute atomic E-state index is 12.2. The molecule has 0 saturated heterocycles. The Hall–Kier alpha value is -2.00. The van der Waals surface area contributed by atoms with Gasteiger partial charge in [-0.05, 0) is 35.9 Å². The summed E-state index contributed by atoms with van der Waals surface area (Å²) in [7, 11) is 1.64. The summed E-state index contributed by atoms with van der Waals surface area (Å²) in [5, 5.41) is 0. The van der Waals surface area contributed by atoms with Gasteiger partial charge in [0.2, 0.25) is 5.78 Å². The van der Waals surface area contributed by atoms with Gasteiger partial charge in [-0.25, -0.2) is 0 Å². The summed E-state index contributed by atoms with van der Waals surface area (Å²) in [5.41, 5.74) is 1.80. The monoisotopic (exact) mass is 268 g/mol. The van der Waals surface area contributed by atoms with Crippen molar-refractivity contribution in [2.24, 2.45) is 0 Å². The average molecular weight is 268 g/mol. The number of ketones is 1. The summed E-state index contributed by atoms with van der Waals surface area (Å²) >= 11 is 1.53. The van der Waals surface area contributed by atoms with E-state index in [9.17, 15) is 4.79 Å². The third-order valence-corrected chi connectivity index (χ3v) is 4.09. The zero-order valence-electron chi connectivity index (χ0n) is 10.4. The smallest absolute Gasteiger partial charge is 0.200 e. The lowest BCUT2D eigenvalue weighted by Gasteiger charge is -2.00. The standard InChI is InChI=1S/C16H12O2S/c1-18-12-8-6-11(7-9-12)10-15-16(17)13-4-2-3-5-14(13)19-15/h2-10H,1H3/b15-10-.